The zero-order chi connectivity index (χ0) is 23.4. The lowest BCUT2D eigenvalue weighted by Gasteiger charge is -2.35. The highest BCUT2D eigenvalue weighted by Crippen LogP contribution is 2.21. The fraction of sp³-hybridized carbons (Fsp3) is 0.560. The van der Waals surface area contributed by atoms with Crippen LogP contribution >= 0.6 is 0 Å². The third-order valence-electron chi connectivity index (χ3n) is 6.75. The second-order valence-electron chi connectivity index (χ2n) is 8.91. The maximum atomic E-state index is 13.0. The Hall–Kier alpha value is -2.71. The lowest BCUT2D eigenvalue weighted by atomic mass is 10.1. The number of hydrogen-bond acceptors (Lipinski definition) is 6. The second kappa shape index (κ2) is 10.5. The van der Waals surface area contributed by atoms with Gasteiger partial charge in [0.1, 0.15) is 0 Å². The third kappa shape index (κ3) is 5.45. The lowest BCUT2D eigenvalue weighted by Crippen LogP contribution is -2.50. The molecule has 0 aliphatic carbocycles. The molecule has 0 N–H and O–H groups in total. The molecule has 4 rings (SSSR count). The number of aromatic nitrogens is 2. The molecule has 8 nitrogen and oxygen atoms in total. The van der Waals surface area contributed by atoms with Crippen molar-refractivity contribution in [3.8, 4) is 5.69 Å². The number of carbonyl (C=O) groups excluding carboxylic acids is 2. The molecule has 1 aromatic heterocycles. The summed E-state index contributed by atoms with van der Waals surface area (Å²) in [7, 11) is 1.40. The first-order valence-corrected chi connectivity index (χ1v) is 11.8. The van der Waals surface area contributed by atoms with Crippen molar-refractivity contribution >= 4 is 11.9 Å². The number of aryl methyl sites for hydroxylation is 1. The van der Waals surface area contributed by atoms with E-state index in [9.17, 15) is 9.59 Å². The predicted molar refractivity (Wildman–Crippen MR) is 125 cm³/mol. The van der Waals surface area contributed by atoms with Crippen LogP contribution in [0.25, 0.3) is 5.69 Å². The number of hydrogen-bond donors (Lipinski definition) is 0. The van der Waals surface area contributed by atoms with E-state index in [2.05, 4.69) is 10.00 Å². The van der Waals surface area contributed by atoms with Gasteiger partial charge in [0.15, 0.2) is 0 Å². The fourth-order valence-corrected chi connectivity index (χ4v) is 4.75. The number of methoxy groups -OCH3 is 1. The molecule has 2 fully saturated rings. The summed E-state index contributed by atoms with van der Waals surface area (Å²) in [6.45, 7) is 9.08. The summed E-state index contributed by atoms with van der Waals surface area (Å²) in [4.78, 5) is 28.9. The van der Waals surface area contributed by atoms with Crippen LogP contribution in [0.5, 0.6) is 0 Å². The zero-order valence-corrected chi connectivity index (χ0v) is 19.9. The monoisotopic (exact) mass is 454 g/mol. The van der Waals surface area contributed by atoms with Crippen LogP contribution in [0, 0.1) is 13.8 Å². The van der Waals surface area contributed by atoms with E-state index in [0.29, 0.717) is 24.5 Å². The Balaban J connectivity index is 1.36. The first-order chi connectivity index (χ1) is 16.0. The molecule has 33 heavy (non-hydrogen) atoms. The normalized spacial score (nSPS) is 19.1. The largest absolute Gasteiger partial charge is 0.469 e. The van der Waals surface area contributed by atoms with Gasteiger partial charge in [-0.15, -0.1) is 0 Å². The highest BCUT2D eigenvalue weighted by Gasteiger charge is 2.25. The van der Waals surface area contributed by atoms with Crippen LogP contribution < -0.4 is 0 Å². The predicted octanol–water partition coefficient (Wildman–Crippen LogP) is 2.53. The minimum Gasteiger partial charge on any atom is -0.469 e. The molecule has 1 amide bonds. The molecular weight excluding hydrogens is 420 g/mol. The van der Waals surface area contributed by atoms with Crippen molar-refractivity contribution in [3.63, 3.8) is 0 Å². The fourth-order valence-electron chi connectivity index (χ4n) is 4.75. The zero-order valence-electron chi connectivity index (χ0n) is 19.9. The number of nitrogens with zero attached hydrogens (tertiary/aromatic N) is 4. The molecule has 1 aromatic carbocycles. The molecule has 1 unspecified atom stereocenters. The van der Waals surface area contributed by atoms with Gasteiger partial charge >= 0.3 is 5.97 Å². The molecule has 0 saturated carbocycles. The molecule has 2 aliphatic rings. The topological polar surface area (TPSA) is 76.9 Å². The van der Waals surface area contributed by atoms with Crippen molar-refractivity contribution in [1.29, 1.82) is 0 Å². The molecular formula is C25H34N4O4. The second-order valence-corrected chi connectivity index (χ2v) is 8.91. The van der Waals surface area contributed by atoms with Crippen LogP contribution in [0.1, 0.15) is 46.6 Å². The van der Waals surface area contributed by atoms with Crippen LogP contribution in [0.15, 0.2) is 24.3 Å². The van der Waals surface area contributed by atoms with Crippen molar-refractivity contribution in [2.75, 3.05) is 46.4 Å². The number of carbonyl (C=O) groups is 2. The van der Waals surface area contributed by atoms with Gasteiger partial charge in [0, 0.05) is 57.0 Å². The van der Waals surface area contributed by atoms with Crippen LogP contribution in [0.3, 0.4) is 0 Å². The van der Waals surface area contributed by atoms with Gasteiger partial charge < -0.3 is 14.4 Å². The Bertz CT molecular complexity index is 971. The molecule has 178 valence electrons. The number of esters is 1. The van der Waals surface area contributed by atoms with Crippen LogP contribution in [-0.4, -0.2) is 84.0 Å². The van der Waals surface area contributed by atoms with Crippen molar-refractivity contribution in [2.45, 2.75) is 45.6 Å². The summed E-state index contributed by atoms with van der Waals surface area (Å²) in [5, 5.41) is 4.65. The highest BCUT2D eigenvalue weighted by molar-refractivity contribution is 5.94. The molecule has 2 saturated heterocycles. The Morgan fingerprint density at radius 1 is 1.12 bits per heavy atom. The van der Waals surface area contributed by atoms with Gasteiger partial charge in [0.2, 0.25) is 0 Å². The van der Waals surface area contributed by atoms with E-state index in [0.717, 1.165) is 74.8 Å². The lowest BCUT2D eigenvalue weighted by molar-refractivity contribution is -0.140. The Labute approximate surface area is 195 Å². The Morgan fingerprint density at radius 3 is 2.48 bits per heavy atom. The van der Waals surface area contributed by atoms with Gasteiger partial charge in [-0.2, -0.15) is 5.10 Å². The quantitative estimate of drug-likeness (QED) is 0.599. The summed E-state index contributed by atoms with van der Waals surface area (Å²) in [5.41, 5.74) is 4.55. The summed E-state index contributed by atoms with van der Waals surface area (Å²) in [6.07, 6.45) is 3.59. The number of rotatable bonds is 7. The van der Waals surface area contributed by atoms with Crippen LogP contribution in [0.4, 0.5) is 0 Å². The SMILES string of the molecule is COC(=O)CCc1c(C)nn(-c2ccc(C(=O)N3CCN(CC4CCCO4)CC3)cc2)c1C. The van der Waals surface area contributed by atoms with Gasteiger partial charge in [-0.3, -0.25) is 14.5 Å². The number of ether oxygens (including phenoxy) is 2. The van der Waals surface area contributed by atoms with Crippen molar-refractivity contribution < 1.29 is 19.1 Å². The average Bonchev–Trinajstić information content (AvgIpc) is 3.45. The summed E-state index contributed by atoms with van der Waals surface area (Å²) in [6, 6.07) is 7.62. The van der Waals surface area contributed by atoms with E-state index < -0.39 is 0 Å². The van der Waals surface area contributed by atoms with E-state index in [1.54, 1.807) is 0 Å². The Kier molecular flexibility index (Phi) is 7.45. The van der Waals surface area contributed by atoms with E-state index in [1.165, 1.54) is 7.11 Å². The third-order valence-corrected chi connectivity index (χ3v) is 6.75. The molecule has 0 spiro atoms. The average molecular weight is 455 g/mol. The van der Waals surface area contributed by atoms with Crippen molar-refractivity contribution in [1.82, 2.24) is 19.6 Å². The van der Waals surface area contributed by atoms with Crippen LogP contribution in [-0.2, 0) is 20.7 Å². The molecule has 0 radical (unpaired) electrons. The van der Waals surface area contributed by atoms with E-state index in [1.807, 2.05) is 47.7 Å². The number of amides is 1. The maximum absolute atomic E-state index is 13.0. The first kappa shape index (κ1) is 23.4. The molecule has 3 heterocycles. The van der Waals surface area contributed by atoms with Crippen LogP contribution in [0.2, 0.25) is 0 Å². The van der Waals surface area contributed by atoms with Crippen molar-refractivity contribution in [3.05, 3.63) is 46.8 Å². The smallest absolute Gasteiger partial charge is 0.305 e. The molecule has 2 aromatic rings. The van der Waals surface area contributed by atoms with Gasteiger partial charge in [0.05, 0.1) is 24.6 Å². The van der Waals surface area contributed by atoms with E-state index in [-0.39, 0.29) is 11.9 Å². The minimum absolute atomic E-state index is 0.0745. The first-order valence-electron chi connectivity index (χ1n) is 11.8. The molecule has 0 bridgehead atoms. The number of piperazine rings is 1. The molecule has 8 heteroatoms. The van der Waals surface area contributed by atoms with E-state index in [4.69, 9.17) is 9.47 Å². The molecule has 1 atom stereocenters. The summed E-state index contributed by atoms with van der Waals surface area (Å²) < 4.78 is 12.4. The number of benzene rings is 1. The van der Waals surface area contributed by atoms with Gasteiger partial charge in [0.25, 0.3) is 5.91 Å². The highest BCUT2D eigenvalue weighted by atomic mass is 16.5. The Morgan fingerprint density at radius 2 is 1.85 bits per heavy atom. The maximum Gasteiger partial charge on any atom is 0.305 e. The minimum atomic E-state index is -0.225. The molecule has 2 aliphatic heterocycles. The summed E-state index contributed by atoms with van der Waals surface area (Å²) in [5.74, 6) is -0.150. The van der Waals surface area contributed by atoms with Crippen molar-refractivity contribution in [2.24, 2.45) is 0 Å². The summed E-state index contributed by atoms with van der Waals surface area (Å²) >= 11 is 0. The van der Waals surface area contributed by atoms with Gasteiger partial charge in [-0.25, -0.2) is 4.68 Å². The van der Waals surface area contributed by atoms with E-state index >= 15 is 0 Å². The van der Waals surface area contributed by atoms with Gasteiger partial charge in [-0.05, 0) is 62.9 Å². The van der Waals surface area contributed by atoms with Gasteiger partial charge in [-0.1, -0.05) is 0 Å². The standard InChI is InChI=1S/C25H34N4O4/c1-18-23(10-11-24(30)32-3)19(2)29(26-18)21-8-6-20(7-9-21)25(31)28-14-12-27(13-15-28)17-22-5-4-16-33-22/h6-9,22H,4-5,10-17H2,1-3H3.